The van der Waals surface area contributed by atoms with E-state index in [1.54, 1.807) is 42.5 Å². The maximum atomic E-state index is 13.1. The molecule has 0 radical (unpaired) electrons. The van der Waals surface area contributed by atoms with Gasteiger partial charge in [-0.05, 0) is 66.1 Å². The van der Waals surface area contributed by atoms with E-state index in [0.717, 1.165) is 11.1 Å². The van der Waals surface area contributed by atoms with Crippen molar-refractivity contribution in [2.75, 3.05) is 13.1 Å². The number of nitrogens with zero attached hydrogens (tertiary/aromatic N) is 2. The van der Waals surface area contributed by atoms with Crippen molar-refractivity contribution in [3.8, 4) is 17.6 Å². The van der Waals surface area contributed by atoms with Gasteiger partial charge in [0, 0.05) is 13.1 Å². The van der Waals surface area contributed by atoms with Crippen LogP contribution in [0.15, 0.2) is 77.7 Å². The summed E-state index contributed by atoms with van der Waals surface area (Å²) in [6, 6.07) is 19.1. The molecule has 0 unspecified atom stereocenters. The molecule has 0 atom stereocenters. The van der Waals surface area contributed by atoms with Crippen LogP contribution in [-0.4, -0.2) is 25.8 Å². The number of hydrogen-bond donors (Lipinski definition) is 0. The molecular weight excluding hydrogens is 451 g/mol. The van der Waals surface area contributed by atoms with E-state index in [0.29, 0.717) is 24.5 Å². The van der Waals surface area contributed by atoms with Crippen molar-refractivity contribution in [2.45, 2.75) is 11.3 Å². The first-order valence-electron chi connectivity index (χ1n) is 9.80. The number of halogens is 2. The molecule has 0 saturated heterocycles. The predicted molar refractivity (Wildman–Crippen MR) is 120 cm³/mol. The first-order valence-corrected chi connectivity index (χ1v) is 11.6. The first-order chi connectivity index (χ1) is 15.4. The number of sulfonamides is 1. The Hall–Kier alpha value is -3.18. The minimum Gasteiger partial charge on any atom is -0.456 e. The zero-order valence-corrected chi connectivity index (χ0v) is 18.4. The summed E-state index contributed by atoms with van der Waals surface area (Å²) < 4.78 is 46.3. The van der Waals surface area contributed by atoms with Crippen molar-refractivity contribution in [2.24, 2.45) is 0 Å². The third-order valence-electron chi connectivity index (χ3n) is 5.16. The van der Waals surface area contributed by atoms with E-state index in [2.05, 4.69) is 0 Å². The van der Waals surface area contributed by atoms with E-state index in [1.807, 2.05) is 12.1 Å². The van der Waals surface area contributed by atoms with Crippen molar-refractivity contribution in [1.29, 1.82) is 5.26 Å². The van der Waals surface area contributed by atoms with Gasteiger partial charge in [0.1, 0.15) is 28.9 Å². The highest BCUT2D eigenvalue weighted by Crippen LogP contribution is 2.31. The highest BCUT2D eigenvalue weighted by Gasteiger charge is 2.26. The van der Waals surface area contributed by atoms with Gasteiger partial charge in [0.15, 0.2) is 0 Å². The largest absolute Gasteiger partial charge is 0.456 e. The van der Waals surface area contributed by atoms with Gasteiger partial charge in [-0.1, -0.05) is 35.9 Å². The second-order valence-corrected chi connectivity index (χ2v) is 9.49. The normalized spacial score (nSPS) is 14.5. The molecular formula is C24H18ClFN2O3S. The fourth-order valence-corrected chi connectivity index (χ4v) is 5.04. The summed E-state index contributed by atoms with van der Waals surface area (Å²) >= 11 is 6.01. The summed E-state index contributed by atoms with van der Waals surface area (Å²) in [5.41, 5.74) is 2.10. The van der Waals surface area contributed by atoms with Crippen molar-refractivity contribution in [3.05, 3.63) is 94.8 Å². The molecule has 0 aromatic heterocycles. The third kappa shape index (κ3) is 4.53. The number of hydrogen-bond acceptors (Lipinski definition) is 4. The van der Waals surface area contributed by atoms with E-state index in [9.17, 15) is 18.1 Å². The highest BCUT2D eigenvalue weighted by atomic mass is 35.5. The van der Waals surface area contributed by atoms with Crippen LogP contribution in [-0.2, 0) is 10.0 Å². The highest BCUT2D eigenvalue weighted by molar-refractivity contribution is 7.89. The number of ether oxygens (including phenoxy) is 1. The van der Waals surface area contributed by atoms with Gasteiger partial charge in [-0.2, -0.15) is 9.57 Å². The summed E-state index contributed by atoms with van der Waals surface area (Å²) in [6.07, 6.45) is 2.39. The molecule has 0 N–H and O–H groups in total. The topological polar surface area (TPSA) is 70.4 Å². The maximum Gasteiger partial charge on any atom is 0.243 e. The minimum absolute atomic E-state index is 0.148. The quantitative estimate of drug-likeness (QED) is 0.487. The van der Waals surface area contributed by atoms with Crippen molar-refractivity contribution in [1.82, 2.24) is 4.31 Å². The molecule has 1 heterocycles. The lowest BCUT2D eigenvalue weighted by Crippen LogP contribution is -2.34. The molecule has 3 aromatic rings. The van der Waals surface area contributed by atoms with E-state index in [1.165, 1.54) is 28.6 Å². The Morgan fingerprint density at radius 2 is 1.75 bits per heavy atom. The van der Waals surface area contributed by atoms with E-state index < -0.39 is 10.0 Å². The van der Waals surface area contributed by atoms with Gasteiger partial charge < -0.3 is 4.74 Å². The standard InChI is InChI=1S/C24H18ClFN2O3S/c25-23-2-1-3-24(22(23)16-27)31-20-8-10-21(11-9-20)32(29,30)28-14-12-18(13-15-28)17-4-6-19(26)7-5-17/h1-12H,13-15H2. The SMILES string of the molecule is N#Cc1c(Cl)cccc1Oc1ccc(S(=O)(=O)N2CC=C(c3ccc(F)cc3)CC2)cc1. The molecule has 0 bridgehead atoms. The molecule has 5 nitrogen and oxygen atoms in total. The zero-order chi connectivity index (χ0) is 22.7. The van der Waals surface area contributed by atoms with Crippen LogP contribution in [0.5, 0.6) is 11.5 Å². The number of nitriles is 1. The van der Waals surface area contributed by atoms with Gasteiger partial charge in [-0.25, -0.2) is 12.8 Å². The van der Waals surface area contributed by atoms with E-state index in [4.69, 9.17) is 16.3 Å². The third-order valence-corrected chi connectivity index (χ3v) is 7.36. The second kappa shape index (κ2) is 9.13. The lowest BCUT2D eigenvalue weighted by Gasteiger charge is -2.26. The van der Waals surface area contributed by atoms with Gasteiger partial charge in [0.25, 0.3) is 0 Å². The molecule has 0 amide bonds. The summed E-state index contributed by atoms with van der Waals surface area (Å²) in [7, 11) is -3.68. The van der Waals surface area contributed by atoms with Crippen LogP contribution in [0, 0.1) is 17.1 Å². The van der Waals surface area contributed by atoms with Crippen LogP contribution < -0.4 is 4.74 Å². The van der Waals surface area contributed by atoms with Gasteiger partial charge in [0.2, 0.25) is 10.0 Å². The van der Waals surface area contributed by atoms with Crippen LogP contribution in [0.4, 0.5) is 4.39 Å². The molecule has 1 aliphatic rings. The molecule has 1 aliphatic heterocycles. The summed E-state index contributed by atoms with van der Waals surface area (Å²) in [5, 5.41) is 9.54. The van der Waals surface area contributed by atoms with Crippen molar-refractivity contribution < 1.29 is 17.5 Å². The Kier molecular flexibility index (Phi) is 6.28. The van der Waals surface area contributed by atoms with Crippen LogP contribution in [0.25, 0.3) is 5.57 Å². The van der Waals surface area contributed by atoms with E-state index in [-0.39, 0.29) is 27.8 Å². The van der Waals surface area contributed by atoms with E-state index >= 15 is 0 Å². The monoisotopic (exact) mass is 468 g/mol. The molecule has 0 saturated carbocycles. The molecule has 3 aromatic carbocycles. The smallest absolute Gasteiger partial charge is 0.243 e. The van der Waals surface area contributed by atoms with Gasteiger partial charge in [-0.3, -0.25) is 0 Å². The van der Waals surface area contributed by atoms with Crippen LogP contribution >= 0.6 is 11.6 Å². The second-order valence-electron chi connectivity index (χ2n) is 7.15. The van der Waals surface area contributed by atoms with Crippen LogP contribution in [0.3, 0.4) is 0 Å². The average molecular weight is 469 g/mol. The molecule has 0 aliphatic carbocycles. The van der Waals surface area contributed by atoms with Crippen molar-refractivity contribution in [3.63, 3.8) is 0 Å². The van der Waals surface area contributed by atoms with Gasteiger partial charge in [0.05, 0.1) is 9.92 Å². The minimum atomic E-state index is -3.68. The Labute approximate surface area is 191 Å². The lowest BCUT2D eigenvalue weighted by atomic mass is 10.0. The predicted octanol–water partition coefficient (Wildman–Crippen LogP) is 5.62. The molecule has 162 valence electrons. The molecule has 8 heteroatoms. The van der Waals surface area contributed by atoms with Crippen LogP contribution in [0.2, 0.25) is 5.02 Å². The Morgan fingerprint density at radius 3 is 2.38 bits per heavy atom. The Balaban J connectivity index is 1.49. The lowest BCUT2D eigenvalue weighted by molar-refractivity contribution is 0.441. The Morgan fingerprint density at radius 1 is 1.03 bits per heavy atom. The number of rotatable bonds is 5. The molecule has 4 rings (SSSR count). The summed E-state index contributed by atoms with van der Waals surface area (Å²) in [6.45, 7) is 0.569. The molecule has 0 fully saturated rings. The molecule has 0 spiro atoms. The van der Waals surface area contributed by atoms with Gasteiger partial charge in [-0.15, -0.1) is 0 Å². The number of benzene rings is 3. The van der Waals surface area contributed by atoms with Gasteiger partial charge >= 0.3 is 0 Å². The van der Waals surface area contributed by atoms with Crippen molar-refractivity contribution >= 4 is 27.2 Å². The average Bonchev–Trinajstić information content (AvgIpc) is 2.80. The maximum absolute atomic E-state index is 13.1. The zero-order valence-electron chi connectivity index (χ0n) is 16.8. The summed E-state index contributed by atoms with van der Waals surface area (Å²) in [5.74, 6) is 0.381. The van der Waals surface area contributed by atoms with Crippen LogP contribution in [0.1, 0.15) is 17.5 Å². The fourth-order valence-electron chi connectivity index (χ4n) is 3.45. The first kappa shape index (κ1) is 22.0. The molecule has 32 heavy (non-hydrogen) atoms. The summed E-state index contributed by atoms with van der Waals surface area (Å²) in [4.78, 5) is 0.148. The Bertz CT molecular complexity index is 1310. The fraction of sp³-hybridized carbons (Fsp3) is 0.125.